The van der Waals surface area contributed by atoms with E-state index in [1.54, 1.807) is 7.11 Å². The molecule has 0 saturated heterocycles. The van der Waals surface area contributed by atoms with Crippen LogP contribution < -0.4 is 9.64 Å². The highest BCUT2D eigenvalue weighted by Gasteiger charge is 2.32. The number of methoxy groups -OCH3 is 1. The third-order valence-electron chi connectivity index (χ3n) is 4.65. The number of hydrogen-bond donors (Lipinski definition) is 0. The van der Waals surface area contributed by atoms with Gasteiger partial charge in [-0.05, 0) is 47.0 Å². The molecule has 4 nitrogen and oxygen atoms in total. The second kappa shape index (κ2) is 8.37. The van der Waals surface area contributed by atoms with Crippen LogP contribution >= 0.6 is 15.9 Å². The van der Waals surface area contributed by atoms with Crippen molar-refractivity contribution in [2.24, 2.45) is 0 Å². The fourth-order valence-electron chi connectivity index (χ4n) is 3.18. The van der Waals surface area contributed by atoms with Crippen LogP contribution in [0.1, 0.15) is 12.8 Å². The molecule has 0 N–H and O–H groups in total. The Hall–Kier alpha value is -1.63. The number of fused-ring (bicyclic) bond motifs is 1. The lowest BCUT2D eigenvalue weighted by Gasteiger charge is -2.29. The quantitative estimate of drug-likeness (QED) is 0.627. The normalized spacial score (nSPS) is 20.3. The number of allylic oxidation sites excluding steroid dienone is 1. The fraction of sp³-hybridized carbons (Fsp3) is 0.300. The summed E-state index contributed by atoms with van der Waals surface area (Å²) in [7, 11) is 2.28. The first-order chi connectivity index (χ1) is 12.6. The standard InChI is InChI=1S/C20H23BrN2O2S/c1-4-5-9-16-14-23(15-10-7-6-8-11-15)18-12-17(21)19(25-3)13-20(18)26(24)22(16)2/h4,6-8,10-13,16H,1,5,9,14H2,2-3H3. The Morgan fingerprint density at radius 1 is 1.35 bits per heavy atom. The number of hydrogen-bond acceptors (Lipinski definition) is 3. The van der Waals surface area contributed by atoms with E-state index in [9.17, 15) is 4.21 Å². The molecule has 6 heteroatoms. The number of nitrogens with zero attached hydrogens (tertiary/aromatic N) is 2. The molecule has 0 spiro atoms. The van der Waals surface area contributed by atoms with Gasteiger partial charge in [0.1, 0.15) is 16.7 Å². The Bertz CT molecular complexity index is 813. The van der Waals surface area contributed by atoms with Gasteiger partial charge in [0, 0.05) is 31.4 Å². The first-order valence-electron chi connectivity index (χ1n) is 8.52. The Balaban J connectivity index is 2.15. The topological polar surface area (TPSA) is 32.8 Å². The van der Waals surface area contributed by atoms with Gasteiger partial charge in [-0.3, -0.25) is 0 Å². The van der Waals surface area contributed by atoms with Crippen molar-refractivity contribution in [1.82, 2.24) is 4.31 Å². The average molecular weight is 435 g/mol. The van der Waals surface area contributed by atoms with Gasteiger partial charge in [0.2, 0.25) is 0 Å². The Morgan fingerprint density at radius 2 is 2.08 bits per heavy atom. The van der Waals surface area contributed by atoms with Crippen molar-refractivity contribution < 1.29 is 8.95 Å². The van der Waals surface area contributed by atoms with E-state index in [4.69, 9.17) is 4.74 Å². The van der Waals surface area contributed by atoms with Crippen LogP contribution in [-0.4, -0.2) is 35.3 Å². The lowest BCUT2D eigenvalue weighted by atomic mass is 10.1. The van der Waals surface area contributed by atoms with Crippen LogP contribution in [0, 0.1) is 0 Å². The van der Waals surface area contributed by atoms with Gasteiger partial charge in [-0.25, -0.2) is 8.51 Å². The van der Waals surface area contributed by atoms with E-state index in [1.807, 2.05) is 47.8 Å². The van der Waals surface area contributed by atoms with Gasteiger partial charge in [-0.2, -0.15) is 0 Å². The number of ether oxygens (including phenoxy) is 1. The monoisotopic (exact) mass is 434 g/mol. The molecule has 2 unspecified atom stereocenters. The minimum absolute atomic E-state index is 0.145. The van der Waals surface area contributed by atoms with Crippen LogP contribution in [0.2, 0.25) is 0 Å². The van der Waals surface area contributed by atoms with Gasteiger partial charge < -0.3 is 9.64 Å². The molecule has 2 aromatic rings. The molecule has 0 aromatic heterocycles. The highest BCUT2D eigenvalue weighted by atomic mass is 79.9. The number of para-hydroxylation sites is 1. The number of anilines is 2. The van der Waals surface area contributed by atoms with E-state index in [-0.39, 0.29) is 6.04 Å². The van der Waals surface area contributed by atoms with Gasteiger partial charge in [-0.15, -0.1) is 6.58 Å². The Morgan fingerprint density at radius 3 is 2.73 bits per heavy atom. The molecular weight excluding hydrogens is 412 g/mol. The van der Waals surface area contributed by atoms with Crippen molar-refractivity contribution >= 4 is 38.3 Å². The zero-order chi connectivity index (χ0) is 18.7. The molecule has 0 saturated carbocycles. The zero-order valence-electron chi connectivity index (χ0n) is 15.0. The first kappa shape index (κ1) is 19.1. The third-order valence-corrected chi connectivity index (χ3v) is 6.80. The summed E-state index contributed by atoms with van der Waals surface area (Å²) >= 11 is 3.58. The van der Waals surface area contributed by atoms with Crippen LogP contribution in [0.25, 0.3) is 0 Å². The van der Waals surface area contributed by atoms with Crippen LogP contribution in [-0.2, 0) is 11.0 Å². The molecule has 0 fully saturated rings. The van der Waals surface area contributed by atoms with Crippen LogP contribution in [0.4, 0.5) is 11.4 Å². The van der Waals surface area contributed by atoms with E-state index in [0.29, 0.717) is 5.75 Å². The second-order valence-electron chi connectivity index (χ2n) is 6.22. The highest BCUT2D eigenvalue weighted by molar-refractivity contribution is 9.10. The minimum Gasteiger partial charge on any atom is -0.496 e. The van der Waals surface area contributed by atoms with E-state index in [1.165, 1.54) is 0 Å². The van der Waals surface area contributed by atoms with Gasteiger partial charge in [-0.1, -0.05) is 24.3 Å². The zero-order valence-corrected chi connectivity index (χ0v) is 17.4. The Labute approximate surface area is 166 Å². The summed E-state index contributed by atoms with van der Waals surface area (Å²) < 4.78 is 21.5. The largest absolute Gasteiger partial charge is 0.496 e. The van der Waals surface area contributed by atoms with Crippen LogP contribution in [0.15, 0.2) is 64.5 Å². The fourth-order valence-corrected chi connectivity index (χ4v) is 4.98. The van der Waals surface area contributed by atoms with E-state index in [0.717, 1.165) is 40.1 Å². The molecule has 0 amide bonds. The maximum absolute atomic E-state index is 13.3. The van der Waals surface area contributed by atoms with E-state index >= 15 is 0 Å². The number of likely N-dealkylation sites (N-methyl/N-ethyl adjacent to an activating group) is 1. The predicted molar refractivity (Wildman–Crippen MR) is 112 cm³/mol. The molecule has 3 rings (SSSR count). The maximum atomic E-state index is 13.3. The van der Waals surface area contributed by atoms with Gasteiger partial charge in [0.15, 0.2) is 0 Å². The van der Waals surface area contributed by atoms with Crippen molar-refractivity contribution in [1.29, 1.82) is 0 Å². The lowest BCUT2D eigenvalue weighted by Crippen LogP contribution is -2.38. The molecule has 0 aliphatic carbocycles. The molecule has 1 heterocycles. The number of benzene rings is 2. The molecular formula is C20H23BrN2O2S. The summed E-state index contributed by atoms with van der Waals surface area (Å²) in [5, 5.41) is 0. The lowest BCUT2D eigenvalue weighted by molar-refractivity contribution is 0.380. The predicted octanol–water partition coefficient (Wildman–Crippen LogP) is 4.90. The third kappa shape index (κ3) is 3.72. The smallest absolute Gasteiger partial charge is 0.134 e. The van der Waals surface area contributed by atoms with Crippen molar-refractivity contribution in [3.05, 3.63) is 59.6 Å². The molecule has 0 bridgehead atoms. The molecule has 1 aliphatic rings. The minimum atomic E-state index is -1.27. The summed E-state index contributed by atoms with van der Waals surface area (Å²) in [6.45, 7) is 4.59. The van der Waals surface area contributed by atoms with E-state index in [2.05, 4.69) is 39.5 Å². The van der Waals surface area contributed by atoms with Gasteiger partial charge in [0.25, 0.3) is 0 Å². The summed E-state index contributed by atoms with van der Waals surface area (Å²) in [5.41, 5.74) is 2.02. The molecule has 1 aliphatic heterocycles. The molecule has 26 heavy (non-hydrogen) atoms. The summed E-state index contributed by atoms with van der Waals surface area (Å²) in [6.07, 6.45) is 3.71. The van der Waals surface area contributed by atoms with Gasteiger partial charge >= 0.3 is 0 Å². The Kier molecular flexibility index (Phi) is 6.16. The molecule has 2 atom stereocenters. The summed E-state index contributed by atoms with van der Waals surface area (Å²) in [5.74, 6) is 0.683. The van der Waals surface area contributed by atoms with Gasteiger partial charge in [0.05, 0.1) is 22.2 Å². The van der Waals surface area contributed by atoms with Crippen LogP contribution in [0.5, 0.6) is 5.75 Å². The average Bonchev–Trinajstić information content (AvgIpc) is 2.76. The van der Waals surface area contributed by atoms with Crippen molar-refractivity contribution in [2.45, 2.75) is 23.8 Å². The van der Waals surface area contributed by atoms with Crippen LogP contribution in [0.3, 0.4) is 0 Å². The maximum Gasteiger partial charge on any atom is 0.134 e. The molecule has 138 valence electrons. The van der Waals surface area contributed by atoms with Crippen molar-refractivity contribution in [3.8, 4) is 5.75 Å². The number of halogens is 1. The van der Waals surface area contributed by atoms with Crippen molar-refractivity contribution in [2.75, 3.05) is 25.6 Å². The second-order valence-corrected chi connectivity index (χ2v) is 8.58. The summed E-state index contributed by atoms with van der Waals surface area (Å²) in [4.78, 5) is 3.01. The first-order valence-corrected chi connectivity index (χ1v) is 10.4. The molecule has 2 aromatic carbocycles. The SMILES string of the molecule is C=CCCC1CN(c2ccccc2)c2cc(Br)c(OC)cc2S(=O)N1C. The summed E-state index contributed by atoms with van der Waals surface area (Å²) in [6, 6.07) is 14.2. The number of rotatable bonds is 5. The van der Waals surface area contributed by atoms with Crippen molar-refractivity contribution in [3.63, 3.8) is 0 Å². The van der Waals surface area contributed by atoms with E-state index < -0.39 is 11.0 Å². The molecule has 0 radical (unpaired) electrons. The highest BCUT2D eigenvalue weighted by Crippen LogP contribution is 2.41.